The first kappa shape index (κ1) is 30.2. The lowest BCUT2D eigenvalue weighted by atomic mass is 9.73. The molecular formula is C40H44N4O2. The average Bonchev–Trinajstić information content (AvgIpc) is 3.39. The number of benzene rings is 4. The molecule has 1 saturated heterocycles. The summed E-state index contributed by atoms with van der Waals surface area (Å²) in [6.45, 7) is 8.97. The maximum absolute atomic E-state index is 13.8. The van der Waals surface area contributed by atoms with Gasteiger partial charge in [0.1, 0.15) is 5.41 Å². The first-order valence-electron chi connectivity index (χ1n) is 17.0. The van der Waals surface area contributed by atoms with Gasteiger partial charge in [-0.3, -0.25) is 14.5 Å². The molecule has 3 aliphatic rings. The van der Waals surface area contributed by atoms with Crippen molar-refractivity contribution in [3.05, 3.63) is 125 Å². The molecule has 0 spiro atoms. The number of hydrogen-bond acceptors (Lipinski definition) is 4. The van der Waals surface area contributed by atoms with Gasteiger partial charge in [-0.15, -0.1) is 0 Å². The van der Waals surface area contributed by atoms with E-state index in [4.69, 9.17) is 0 Å². The van der Waals surface area contributed by atoms with Crippen LogP contribution in [0, 0.1) is 0 Å². The summed E-state index contributed by atoms with van der Waals surface area (Å²) >= 11 is 0. The highest BCUT2D eigenvalue weighted by molar-refractivity contribution is 6.00. The van der Waals surface area contributed by atoms with E-state index in [9.17, 15) is 9.59 Å². The van der Waals surface area contributed by atoms with Gasteiger partial charge in [-0.25, -0.2) is 0 Å². The molecule has 0 radical (unpaired) electrons. The average molecular weight is 613 g/mol. The number of nitrogens with zero attached hydrogens (tertiary/aromatic N) is 3. The summed E-state index contributed by atoms with van der Waals surface area (Å²) in [4.78, 5) is 34.2. The van der Waals surface area contributed by atoms with Crippen LogP contribution in [0.25, 0.3) is 11.1 Å². The molecule has 236 valence electrons. The summed E-state index contributed by atoms with van der Waals surface area (Å²) in [6.07, 6.45) is 3.74. The van der Waals surface area contributed by atoms with E-state index in [2.05, 4.69) is 94.0 Å². The minimum atomic E-state index is -0.636. The summed E-state index contributed by atoms with van der Waals surface area (Å²) in [6, 6.07) is 33.7. The van der Waals surface area contributed by atoms with E-state index in [-0.39, 0.29) is 11.8 Å². The number of piperazine rings is 1. The topological polar surface area (TPSA) is 55.9 Å². The fourth-order valence-electron chi connectivity index (χ4n) is 7.88. The number of unbranched alkanes of at least 4 members (excludes halogenated alkanes) is 1. The Balaban J connectivity index is 0.962. The minimum absolute atomic E-state index is 0.118. The molecule has 2 aliphatic heterocycles. The molecule has 6 heteroatoms. The summed E-state index contributed by atoms with van der Waals surface area (Å²) < 4.78 is 0. The van der Waals surface area contributed by atoms with E-state index < -0.39 is 5.41 Å². The van der Waals surface area contributed by atoms with E-state index in [0.29, 0.717) is 13.1 Å². The molecule has 7 rings (SSSR count). The van der Waals surface area contributed by atoms with Crippen molar-refractivity contribution < 1.29 is 9.59 Å². The summed E-state index contributed by atoms with van der Waals surface area (Å²) in [7, 11) is 0. The second-order valence-corrected chi connectivity index (χ2v) is 12.9. The molecule has 0 bridgehead atoms. The van der Waals surface area contributed by atoms with Crippen LogP contribution in [-0.4, -0.2) is 67.4 Å². The second-order valence-electron chi connectivity index (χ2n) is 12.9. The van der Waals surface area contributed by atoms with Crippen LogP contribution in [0.3, 0.4) is 0 Å². The summed E-state index contributed by atoms with van der Waals surface area (Å²) in [5, 5.41) is 3.18. The van der Waals surface area contributed by atoms with Gasteiger partial charge in [0, 0.05) is 57.1 Å². The number of anilines is 1. The van der Waals surface area contributed by atoms with Crippen LogP contribution < -0.4 is 10.2 Å². The highest BCUT2D eigenvalue weighted by Gasteiger charge is 2.48. The van der Waals surface area contributed by atoms with Gasteiger partial charge in [-0.2, -0.15) is 0 Å². The largest absolute Gasteiger partial charge is 0.369 e. The predicted octanol–water partition coefficient (Wildman–Crippen LogP) is 6.28. The quantitative estimate of drug-likeness (QED) is 0.214. The number of carbonyl (C=O) groups is 2. The third kappa shape index (κ3) is 5.60. The number of carbonyl (C=O) groups excluding carboxylic acids is 2. The van der Waals surface area contributed by atoms with Gasteiger partial charge in [0.2, 0.25) is 5.91 Å². The van der Waals surface area contributed by atoms with Crippen molar-refractivity contribution in [3.8, 4) is 11.1 Å². The summed E-state index contributed by atoms with van der Waals surface area (Å²) in [5.41, 5.74) is 8.36. The maximum Gasteiger partial charge on any atom is 0.254 e. The fourth-order valence-corrected chi connectivity index (χ4v) is 7.88. The van der Waals surface area contributed by atoms with Gasteiger partial charge >= 0.3 is 0 Å². The molecule has 2 amide bonds. The molecular weight excluding hydrogens is 568 g/mol. The Bertz CT molecular complexity index is 1660. The molecule has 6 nitrogen and oxygen atoms in total. The number of nitrogens with one attached hydrogen (secondary N) is 1. The third-order valence-electron chi connectivity index (χ3n) is 10.3. The first-order chi connectivity index (χ1) is 22.6. The predicted molar refractivity (Wildman–Crippen MR) is 185 cm³/mol. The van der Waals surface area contributed by atoms with Gasteiger partial charge in [0.25, 0.3) is 5.91 Å². The van der Waals surface area contributed by atoms with E-state index in [1.54, 1.807) is 0 Å². The van der Waals surface area contributed by atoms with Crippen LogP contribution in [-0.2, 0) is 23.2 Å². The molecule has 4 aromatic rings. The van der Waals surface area contributed by atoms with Crippen LogP contribution in [0.1, 0.15) is 58.8 Å². The van der Waals surface area contributed by atoms with Crippen LogP contribution in [0.2, 0.25) is 0 Å². The Morgan fingerprint density at radius 1 is 0.761 bits per heavy atom. The Morgan fingerprint density at radius 3 is 2.13 bits per heavy atom. The van der Waals surface area contributed by atoms with Crippen molar-refractivity contribution in [2.75, 3.05) is 50.7 Å². The molecule has 1 fully saturated rings. The first-order valence-corrected chi connectivity index (χ1v) is 17.0. The lowest BCUT2D eigenvalue weighted by molar-refractivity contribution is -0.125. The Kier molecular flexibility index (Phi) is 8.63. The molecule has 0 unspecified atom stereocenters. The van der Waals surface area contributed by atoms with Crippen molar-refractivity contribution >= 4 is 17.5 Å². The molecule has 0 atom stereocenters. The zero-order valence-electron chi connectivity index (χ0n) is 26.9. The normalized spacial score (nSPS) is 16.9. The number of likely N-dealkylation sites (N-methyl/N-ethyl adjacent to an activating group) is 1. The van der Waals surface area contributed by atoms with Gasteiger partial charge in [-0.05, 0) is 78.2 Å². The molecule has 46 heavy (non-hydrogen) atoms. The monoisotopic (exact) mass is 612 g/mol. The third-order valence-corrected chi connectivity index (χ3v) is 10.3. The van der Waals surface area contributed by atoms with Gasteiger partial charge in [0.15, 0.2) is 0 Å². The smallest absolute Gasteiger partial charge is 0.254 e. The van der Waals surface area contributed by atoms with E-state index in [1.807, 2.05) is 30.0 Å². The van der Waals surface area contributed by atoms with Crippen molar-refractivity contribution in [2.24, 2.45) is 0 Å². The Labute approximate surface area is 273 Å². The summed E-state index contributed by atoms with van der Waals surface area (Å²) in [5.74, 6) is 0.260. The molecule has 1 N–H and O–H groups in total. The van der Waals surface area contributed by atoms with Gasteiger partial charge < -0.3 is 15.1 Å². The number of fused-ring (bicyclic) bond motifs is 4. The van der Waals surface area contributed by atoms with Crippen LogP contribution in [0.4, 0.5) is 5.69 Å². The highest BCUT2D eigenvalue weighted by Crippen LogP contribution is 2.51. The molecule has 0 saturated carbocycles. The standard InChI is InChI=1S/C40H44N4O2/c1-2-41-39(46)40(36-16-8-6-14-33(36)34-15-7-9-17-37(34)40)21-10-11-22-42-24-26-43(27-25-42)32-19-18-31-20-23-44(38(45)35(31)28-32)29-30-12-4-3-5-13-30/h3-9,12-19,28H,2,10-11,20-27,29H2,1H3,(H,41,46). The van der Waals surface area contributed by atoms with Gasteiger partial charge in [0.05, 0.1) is 0 Å². The number of amides is 2. The highest BCUT2D eigenvalue weighted by atomic mass is 16.2. The lowest BCUT2D eigenvalue weighted by Crippen LogP contribution is -2.47. The fraction of sp³-hybridized carbons (Fsp3) is 0.350. The zero-order valence-corrected chi connectivity index (χ0v) is 26.9. The van der Waals surface area contributed by atoms with E-state index in [1.165, 1.54) is 16.7 Å². The molecule has 1 aliphatic carbocycles. The Hall–Kier alpha value is -4.42. The van der Waals surface area contributed by atoms with Gasteiger partial charge in [-0.1, -0.05) is 91.3 Å². The number of rotatable bonds is 10. The number of hydrogen-bond donors (Lipinski definition) is 1. The van der Waals surface area contributed by atoms with Crippen molar-refractivity contribution in [1.29, 1.82) is 0 Å². The van der Waals surface area contributed by atoms with Crippen molar-refractivity contribution in [3.63, 3.8) is 0 Å². The molecule has 4 aromatic carbocycles. The van der Waals surface area contributed by atoms with Crippen LogP contribution >= 0.6 is 0 Å². The second kappa shape index (κ2) is 13.1. The van der Waals surface area contributed by atoms with Crippen molar-refractivity contribution in [1.82, 2.24) is 15.1 Å². The van der Waals surface area contributed by atoms with E-state index in [0.717, 1.165) is 92.9 Å². The molecule has 2 heterocycles. The maximum atomic E-state index is 13.8. The minimum Gasteiger partial charge on any atom is -0.369 e. The van der Waals surface area contributed by atoms with E-state index >= 15 is 0 Å². The Morgan fingerprint density at radius 2 is 1.43 bits per heavy atom. The van der Waals surface area contributed by atoms with Crippen LogP contribution in [0.15, 0.2) is 97.1 Å². The van der Waals surface area contributed by atoms with Crippen LogP contribution in [0.5, 0.6) is 0 Å². The SMILES string of the molecule is CCNC(=O)C1(CCCCN2CCN(c3ccc4c(c3)C(=O)N(Cc3ccccc3)CC4)CC2)c2ccccc2-c2ccccc21. The molecule has 0 aromatic heterocycles. The zero-order chi connectivity index (χ0) is 31.5. The lowest BCUT2D eigenvalue weighted by Gasteiger charge is -2.37. The van der Waals surface area contributed by atoms with Crippen molar-refractivity contribution in [2.45, 2.75) is 44.6 Å².